The average molecular weight is 362 g/mol. The predicted molar refractivity (Wildman–Crippen MR) is 99.9 cm³/mol. The Morgan fingerprint density at radius 3 is 2.77 bits per heavy atom. The number of hydrogen-bond acceptors (Lipinski definition) is 4. The minimum Gasteiger partial charge on any atom is -0.492 e. The smallest absolute Gasteiger partial charge is 0.216 e. The van der Waals surface area contributed by atoms with Gasteiger partial charge in [-0.2, -0.15) is 0 Å². The Balaban J connectivity index is 1.83. The Labute approximate surface area is 153 Å². The van der Waals surface area contributed by atoms with Crippen molar-refractivity contribution in [3.8, 4) is 5.75 Å². The van der Waals surface area contributed by atoms with Crippen LogP contribution >= 0.6 is 0 Å². The van der Waals surface area contributed by atoms with Gasteiger partial charge in [-0.1, -0.05) is 26.8 Å². The first-order chi connectivity index (χ1) is 12.4. The molecule has 2 N–H and O–H groups in total. The maximum atomic E-state index is 13.1. The molecule has 0 saturated heterocycles. The summed E-state index contributed by atoms with van der Waals surface area (Å²) in [5.41, 5.74) is -0.0774. The van der Waals surface area contributed by atoms with Crippen molar-refractivity contribution in [1.29, 1.82) is 0 Å². The lowest BCUT2D eigenvalue weighted by Crippen LogP contribution is -2.39. The molecule has 0 saturated carbocycles. The highest BCUT2D eigenvalue weighted by Gasteiger charge is 2.18. The molecule has 0 aliphatic carbocycles. The lowest BCUT2D eigenvalue weighted by molar-refractivity contribution is 0.320. The number of hydrogen-bond donors (Lipinski definition) is 2. The van der Waals surface area contributed by atoms with Crippen molar-refractivity contribution in [2.75, 3.05) is 19.7 Å². The molecule has 142 valence electrons. The van der Waals surface area contributed by atoms with E-state index in [1.807, 2.05) is 6.92 Å². The van der Waals surface area contributed by atoms with E-state index in [1.165, 1.54) is 12.1 Å². The highest BCUT2D eigenvalue weighted by Crippen LogP contribution is 2.22. The predicted octanol–water partition coefficient (Wildman–Crippen LogP) is 3.25. The molecule has 1 heterocycles. The molecule has 0 spiro atoms. The molecular formula is C19H27FN4O2. The molecule has 0 amide bonds. The fourth-order valence-electron chi connectivity index (χ4n) is 2.11. The molecule has 0 fully saturated rings. The molecule has 2 rings (SSSR count). The maximum absolute atomic E-state index is 13.1. The van der Waals surface area contributed by atoms with Gasteiger partial charge in [0, 0.05) is 18.0 Å². The summed E-state index contributed by atoms with van der Waals surface area (Å²) in [6.07, 6.45) is 1.75. The molecule has 1 aromatic heterocycles. The van der Waals surface area contributed by atoms with Crippen molar-refractivity contribution < 1.29 is 13.5 Å². The van der Waals surface area contributed by atoms with E-state index in [4.69, 9.17) is 9.15 Å². The van der Waals surface area contributed by atoms with Gasteiger partial charge in [0.25, 0.3) is 0 Å². The van der Waals surface area contributed by atoms with Gasteiger partial charge in [-0.15, -0.1) is 0 Å². The minimum absolute atomic E-state index is 0.0774. The minimum atomic E-state index is -0.314. The third-order valence-electron chi connectivity index (χ3n) is 3.47. The molecule has 0 aliphatic rings. The summed E-state index contributed by atoms with van der Waals surface area (Å²) in [6, 6.07) is 6.08. The number of halogens is 1. The van der Waals surface area contributed by atoms with Crippen molar-refractivity contribution in [3.63, 3.8) is 0 Å². The zero-order valence-electron chi connectivity index (χ0n) is 15.8. The van der Waals surface area contributed by atoms with Crippen molar-refractivity contribution in [2.24, 2.45) is 4.99 Å². The summed E-state index contributed by atoms with van der Waals surface area (Å²) in [5.74, 6) is 2.24. The number of oxazole rings is 1. The lowest BCUT2D eigenvalue weighted by Gasteiger charge is -2.13. The van der Waals surface area contributed by atoms with Crippen LogP contribution in [0.15, 0.2) is 39.9 Å². The summed E-state index contributed by atoms with van der Waals surface area (Å²) in [7, 11) is 0. The van der Waals surface area contributed by atoms with Gasteiger partial charge in [-0.05, 0) is 19.1 Å². The van der Waals surface area contributed by atoms with E-state index < -0.39 is 0 Å². The van der Waals surface area contributed by atoms with Crippen LogP contribution in [0.3, 0.4) is 0 Å². The Bertz CT molecular complexity index is 722. The van der Waals surface area contributed by atoms with Gasteiger partial charge in [0.15, 0.2) is 5.96 Å². The van der Waals surface area contributed by atoms with E-state index in [0.717, 1.165) is 12.3 Å². The van der Waals surface area contributed by atoms with Crippen molar-refractivity contribution in [1.82, 2.24) is 15.6 Å². The average Bonchev–Trinajstić information content (AvgIpc) is 3.06. The molecule has 0 bridgehead atoms. The lowest BCUT2D eigenvalue weighted by atomic mass is 9.94. The Morgan fingerprint density at radius 2 is 2.12 bits per heavy atom. The zero-order valence-corrected chi connectivity index (χ0v) is 15.8. The van der Waals surface area contributed by atoms with Crippen LogP contribution in [0.4, 0.5) is 4.39 Å². The third kappa shape index (κ3) is 6.38. The first-order valence-electron chi connectivity index (χ1n) is 8.74. The van der Waals surface area contributed by atoms with Crippen molar-refractivity contribution in [3.05, 3.63) is 47.9 Å². The van der Waals surface area contributed by atoms with Gasteiger partial charge in [-0.25, -0.2) is 14.4 Å². The molecule has 0 aliphatic heterocycles. The van der Waals surface area contributed by atoms with Gasteiger partial charge in [0.1, 0.15) is 30.5 Å². The van der Waals surface area contributed by atoms with E-state index in [2.05, 4.69) is 41.4 Å². The Hall–Kier alpha value is -2.57. The molecule has 26 heavy (non-hydrogen) atoms. The first kappa shape index (κ1) is 19.8. The van der Waals surface area contributed by atoms with Gasteiger partial charge in [0.2, 0.25) is 5.89 Å². The normalized spacial score (nSPS) is 12.1. The largest absolute Gasteiger partial charge is 0.492 e. The highest BCUT2D eigenvalue weighted by atomic mass is 19.1. The summed E-state index contributed by atoms with van der Waals surface area (Å²) in [6.45, 7) is 10.2. The summed E-state index contributed by atoms with van der Waals surface area (Å²) < 4.78 is 24.3. The number of benzene rings is 1. The van der Waals surface area contributed by atoms with Crippen LogP contribution in [0.25, 0.3) is 0 Å². The summed E-state index contributed by atoms with van der Waals surface area (Å²) in [4.78, 5) is 8.73. The molecule has 7 heteroatoms. The number of aliphatic imine (C=N–C) groups is 1. The molecule has 6 nitrogen and oxygen atoms in total. The molecule has 0 unspecified atom stereocenters. The van der Waals surface area contributed by atoms with Crippen LogP contribution in [0.2, 0.25) is 0 Å². The van der Waals surface area contributed by atoms with Crippen LogP contribution in [-0.4, -0.2) is 30.6 Å². The van der Waals surface area contributed by atoms with Gasteiger partial charge in [-0.3, -0.25) is 0 Å². The van der Waals surface area contributed by atoms with Gasteiger partial charge in [0.05, 0.1) is 12.7 Å². The fourth-order valence-corrected chi connectivity index (χ4v) is 2.11. The second-order valence-corrected chi connectivity index (χ2v) is 6.80. The van der Waals surface area contributed by atoms with Crippen LogP contribution in [0.5, 0.6) is 5.75 Å². The van der Waals surface area contributed by atoms with Crippen LogP contribution in [0, 0.1) is 5.82 Å². The number of nitrogens with one attached hydrogen (secondary N) is 2. The highest BCUT2D eigenvalue weighted by molar-refractivity contribution is 5.79. The number of aromatic nitrogens is 1. The van der Waals surface area contributed by atoms with E-state index in [9.17, 15) is 4.39 Å². The molecule has 2 aromatic rings. The first-order valence-corrected chi connectivity index (χ1v) is 8.74. The third-order valence-corrected chi connectivity index (χ3v) is 3.47. The molecule has 0 atom stereocenters. The van der Waals surface area contributed by atoms with Crippen LogP contribution in [-0.2, 0) is 12.0 Å². The topological polar surface area (TPSA) is 71.7 Å². The number of rotatable bonds is 7. The summed E-state index contributed by atoms with van der Waals surface area (Å²) in [5, 5.41) is 6.32. The molecule has 0 radical (unpaired) electrons. The fraction of sp³-hybridized carbons (Fsp3) is 0.474. The molecular weight excluding hydrogens is 335 g/mol. The maximum Gasteiger partial charge on any atom is 0.216 e. The van der Waals surface area contributed by atoms with Crippen molar-refractivity contribution in [2.45, 2.75) is 39.7 Å². The zero-order chi connectivity index (χ0) is 19.0. The second kappa shape index (κ2) is 9.22. The number of guanidine groups is 1. The molecule has 1 aromatic carbocycles. The van der Waals surface area contributed by atoms with E-state index >= 15 is 0 Å². The quantitative estimate of drug-likeness (QED) is 0.449. The van der Waals surface area contributed by atoms with Gasteiger partial charge < -0.3 is 19.8 Å². The van der Waals surface area contributed by atoms with Crippen molar-refractivity contribution >= 4 is 5.96 Å². The van der Waals surface area contributed by atoms with Gasteiger partial charge >= 0.3 is 0 Å². The van der Waals surface area contributed by atoms with E-state index in [1.54, 1.807) is 18.3 Å². The van der Waals surface area contributed by atoms with Crippen LogP contribution < -0.4 is 15.4 Å². The number of ether oxygens (including phenoxy) is 1. The van der Waals surface area contributed by atoms with E-state index in [-0.39, 0.29) is 11.2 Å². The SMILES string of the molecule is CCNC(=NCc1ncc(C(C)(C)C)o1)NCCOc1cccc(F)c1. The Morgan fingerprint density at radius 1 is 1.31 bits per heavy atom. The standard InChI is InChI=1S/C19H27FN4O2/c1-5-21-18(22-9-10-25-15-8-6-7-14(20)11-15)24-13-17-23-12-16(26-17)19(2,3)4/h6-8,11-12H,5,9-10,13H2,1-4H3,(H2,21,22,24). The second-order valence-electron chi connectivity index (χ2n) is 6.80. The monoisotopic (exact) mass is 362 g/mol. The van der Waals surface area contributed by atoms with E-state index in [0.29, 0.717) is 37.3 Å². The van der Waals surface area contributed by atoms with Crippen LogP contribution in [0.1, 0.15) is 39.3 Å². The number of nitrogens with zero attached hydrogens (tertiary/aromatic N) is 2. The summed E-state index contributed by atoms with van der Waals surface area (Å²) >= 11 is 0. The Kier molecular flexibility index (Phi) is 7.00.